The van der Waals surface area contributed by atoms with Crippen molar-refractivity contribution in [2.24, 2.45) is 5.73 Å². The highest BCUT2D eigenvalue weighted by atomic mass is 19.3. The molecule has 4 rings (SSSR count). The maximum atomic E-state index is 13.7. The van der Waals surface area contributed by atoms with Crippen molar-refractivity contribution in [1.29, 1.82) is 5.26 Å². The molecular formula is C25H24F2N6O2. The minimum atomic E-state index is -3.13. The van der Waals surface area contributed by atoms with Crippen LogP contribution in [0.1, 0.15) is 22.3 Å². The summed E-state index contributed by atoms with van der Waals surface area (Å²) in [5.74, 6) is -4.44. The van der Waals surface area contributed by atoms with Crippen LogP contribution in [0.2, 0.25) is 0 Å². The highest BCUT2D eigenvalue weighted by Crippen LogP contribution is 2.32. The Bertz CT molecular complexity index is 1320. The summed E-state index contributed by atoms with van der Waals surface area (Å²) >= 11 is 0. The molecule has 0 spiro atoms. The molecule has 35 heavy (non-hydrogen) atoms. The molecule has 10 heteroatoms. The van der Waals surface area contributed by atoms with Crippen molar-refractivity contribution in [1.82, 2.24) is 15.2 Å². The maximum Gasteiger partial charge on any atom is 0.268 e. The third-order valence-corrected chi connectivity index (χ3v) is 6.02. The van der Waals surface area contributed by atoms with Gasteiger partial charge in [0.2, 0.25) is 5.91 Å². The zero-order valence-electron chi connectivity index (χ0n) is 19.0. The van der Waals surface area contributed by atoms with E-state index >= 15 is 0 Å². The first-order valence-electron chi connectivity index (χ1n) is 11.0. The number of nitriles is 1. The minimum absolute atomic E-state index is 0.295. The second-order valence-electron chi connectivity index (χ2n) is 8.34. The van der Waals surface area contributed by atoms with Crippen LogP contribution in [0.5, 0.6) is 0 Å². The van der Waals surface area contributed by atoms with Gasteiger partial charge in [-0.05, 0) is 29.3 Å². The van der Waals surface area contributed by atoms with Crippen LogP contribution in [0.25, 0.3) is 22.0 Å². The number of fused-ring (bicyclic) bond motifs is 1. The number of hydrogen-bond acceptors (Lipinski definition) is 6. The number of anilines is 1. The highest BCUT2D eigenvalue weighted by Gasteiger charge is 2.47. The number of nitrogens with two attached hydrogens (primary N) is 1. The lowest BCUT2D eigenvalue weighted by atomic mass is 9.96. The summed E-state index contributed by atoms with van der Waals surface area (Å²) in [7, 11) is 1.75. The summed E-state index contributed by atoms with van der Waals surface area (Å²) < 4.78 is 27.5. The van der Waals surface area contributed by atoms with E-state index in [0.29, 0.717) is 28.6 Å². The molecule has 0 aliphatic carbocycles. The van der Waals surface area contributed by atoms with Gasteiger partial charge in [0.05, 0.1) is 30.2 Å². The third kappa shape index (κ3) is 4.90. The van der Waals surface area contributed by atoms with E-state index in [2.05, 4.69) is 15.6 Å². The largest absolute Gasteiger partial charge is 0.388 e. The Kier molecular flexibility index (Phi) is 6.62. The molecule has 0 saturated carbocycles. The Hall–Kier alpha value is -4.10. The summed E-state index contributed by atoms with van der Waals surface area (Å²) in [4.78, 5) is 31.3. The molecular weight excluding hydrogens is 454 g/mol. The number of carbonyl (C=O) groups is 2. The predicted molar refractivity (Wildman–Crippen MR) is 128 cm³/mol. The number of likely N-dealkylation sites (tertiary alicyclic amines) is 1. The van der Waals surface area contributed by atoms with E-state index in [-0.39, 0.29) is 0 Å². The topological polar surface area (TPSA) is 124 Å². The number of aromatic nitrogens is 1. The average Bonchev–Trinajstić information content (AvgIpc) is 3.20. The number of hydrogen-bond donors (Lipinski definition) is 3. The van der Waals surface area contributed by atoms with E-state index in [0.717, 1.165) is 21.7 Å². The average molecular weight is 479 g/mol. The van der Waals surface area contributed by atoms with E-state index < -0.39 is 43.3 Å². The van der Waals surface area contributed by atoms with Gasteiger partial charge in [0, 0.05) is 42.8 Å². The molecule has 180 valence electrons. The Morgan fingerprint density at radius 2 is 2.00 bits per heavy atom. The van der Waals surface area contributed by atoms with Crippen LogP contribution >= 0.6 is 0 Å². The lowest BCUT2D eigenvalue weighted by Gasteiger charge is -2.20. The van der Waals surface area contributed by atoms with E-state index in [1.165, 1.54) is 0 Å². The molecule has 1 aromatic heterocycles. The standard InChI is InChI=1S/C25H24F2N6O2/c1-30-17-6-7-21-19(8-17)23(20(12-31-21)16-4-2-15(10-28)3-5-16)24(35)32-13-22(34)33-14-25(26,27)9-18(33)11-29/h2-8,12,18,30H,9-10,13-14,28H2,1H3,(H,32,35). The van der Waals surface area contributed by atoms with Gasteiger partial charge < -0.3 is 21.3 Å². The van der Waals surface area contributed by atoms with Crippen molar-refractivity contribution in [2.45, 2.75) is 24.9 Å². The van der Waals surface area contributed by atoms with Crippen molar-refractivity contribution >= 4 is 28.4 Å². The number of amides is 2. The fourth-order valence-electron chi connectivity index (χ4n) is 4.17. The summed E-state index contributed by atoms with van der Waals surface area (Å²) in [6.07, 6.45) is 0.871. The monoisotopic (exact) mass is 478 g/mol. The molecule has 1 saturated heterocycles. The number of carbonyl (C=O) groups excluding carboxylic acids is 2. The van der Waals surface area contributed by atoms with Gasteiger partial charge in [-0.3, -0.25) is 14.6 Å². The first-order chi connectivity index (χ1) is 16.8. The van der Waals surface area contributed by atoms with Crippen molar-refractivity contribution < 1.29 is 18.4 Å². The molecule has 2 aromatic carbocycles. The fourth-order valence-corrected chi connectivity index (χ4v) is 4.17. The SMILES string of the molecule is CNc1ccc2ncc(-c3ccc(CN)cc3)c(C(=O)NCC(=O)N3CC(F)(F)CC3C#N)c2c1. The molecule has 0 radical (unpaired) electrons. The first kappa shape index (κ1) is 24.0. The zero-order chi connectivity index (χ0) is 25.2. The second kappa shape index (κ2) is 9.64. The zero-order valence-corrected chi connectivity index (χ0v) is 19.0. The summed E-state index contributed by atoms with van der Waals surface area (Å²) in [5.41, 5.74) is 9.52. The van der Waals surface area contributed by atoms with Crippen LogP contribution in [0, 0.1) is 11.3 Å². The minimum Gasteiger partial charge on any atom is -0.388 e. The van der Waals surface area contributed by atoms with Gasteiger partial charge in [-0.25, -0.2) is 8.78 Å². The number of nitrogens with zero attached hydrogens (tertiary/aromatic N) is 3. The van der Waals surface area contributed by atoms with Gasteiger partial charge in [-0.1, -0.05) is 24.3 Å². The Balaban J connectivity index is 1.68. The molecule has 4 N–H and O–H groups in total. The van der Waals surface area contributed by atoms with Crippen LogP contribution in [-0.4, -0.2) is 53.8 Å². The summed E-state index contributed by atoms with van der Waals surface area (Å²) in [6, 6.07) is 13.3. The summed E-state index contributed by atoms with van der Waals surface area (Å²) in [6.45, 7) is -0.993. The van der Waals surface area contributed by atoms with Crippen LogP contribution in [0.4, 0.5) is 14.5 Å². The lowest BCUT2D eigenvalue weighted by molar-refractivity contribution is -0.131. The van der Waals surface area contributed by atoms with Crippen molar-refractivity contribution in [3.8, 4) is 17.2 Å². The Morgan fingerprint density at radius 3 is 2.66 bits per heavy atom. The molecule has 0 bridgehead atoms. The van der Waals surface area contributed by atoms with Crippen molar-refractivity contribution in [2.75, 3.05) is 25.5 Å². The Morgan fingerprint density at radius 1 is 1.26 bits per heavy atom. The van der Waals surface area contributed by atoms with Gasteiger partial charge in [-0.2, -0.15) is 5.26 Å². The van der Waals surface area contributed by atoms with Crippen LogP contribution in [0.15, 0.2) is 48.7 Å². The third-order valence-electron chi connectivity index (χ3n) is 6.02. The number of pyridine rings is 1. The van der Waals surface area contributed by atoms with Gasteiger partial charge in [0.1, 0.15) is 6.04 Å². The molecule has 2 amide bonds. The number of nitrogens with one attached hydrogen (secondary N) is 2. The van der Waals surface area contributed by atoms with Crippen LogP contribution in [0.3, 0.4) is 0 Å². The van der Waals surface area contributed by atoms with Gasteiger partial charge in [0.25, 0.3) is 11.8 Å². The van der Waals surface area contributed by atoms with Gasteiger partial charge >= 0.3 is 0 Å². The number of halogens is 2. The number of alkyl halides is 2. The van der Waals surface area contributed by atoms with E-state index in [9.17, 15) is 18.4 Å². The molecule has 3 aromatic rings. The fraction of sp³-hybridized carbons (Fsp3) is 0.280. The number of benzene rings is 2. The molecule has 1 aliphatic heterocycles. The van der Waals surface area contributed by atoms with Crippen molar-refractivity contribution in [3.05, 3.63) is 59.8 Å². The quantitative estimate of drug-likeness (QED) is 0.501. The lowest BCUT2D eigenvalue weighted by Crippen LogP contribution is -2.43. The molecule has 1 fully saturated rings. The van der Waals surface area contributed by atoms with Crippen LogP contribution < -0.4 is 16.4 Å². The highest BCUT2D eigenvalue weighted by molar-refractivity contribution is 6.12. The molecule has 1 aliphatic rings. The molecule has 1 atom stereocenters. The first-order valence-corrected chi connectivity index (χ1v) is 11.0. The van der Waals surface area contributed by atoms with E-state index in [1.807, 2.05) is 30.3 Å². The van der Waals surface area contributed by atoms with E-state index in [4.69, 9.17) is 11.0 Å². The van der Waals surface area contributed by atoms with E-state index in [1.54, 1.807) is 31.4 Å². The van der Waals surface area contributed by atoms with Crippen molar-refractivity contribution in [3.63, 3.8) is 0 Å². The van der Waals surface area contributed by atoms with Crippen LogP contribution in [-0.2, 0) is 11.3 Å². The molecule has 2 heterocycles. The summed E-state index contributed by atoms with van der Waals surface area (Å²) in [5, 5.41) is 15.3. The Labute approximate surface area is 200 Å². The molecule has 8 nitrogen and oxygen atoms in total. The van der Waals surface area contributed by atoms with Gasteiger partial charge in [-0.15, -0.1) is 0 Å². The maximum absolute atomic E-state index is 13.7. The molecule has 1 unspecified atom stereocenters. The van der Waals surface area contributed by atoms with Gasteiger partial charge in [0.15, 0.2) is 0 Å². The normalized spacial score (nSPS) is 16.7. The smallest absolute Gasteiger partial charge is 0.268 e. The second-order valence-corrected chi connectivity index (χ2v) is 8.34. The number of rotatable bonds is 6. The predicted octanol–water partition coefficient (Wildman–Crippen LogP) is 2.89.